The molecule has 136 valence electrons. The molecular formula is C20H22N2O2S2. The Morgan fingerprint density at radius 1 is 1.35 bits per heavy atom. The third-order valence-electron chi connectivity index (χ3n) is 5.57. The number of amides is 1. The van der Waals surface area contributed by atoms with Crippen molar-refractivity contribution in [1.82, 2.24) is 9.88 Å². The highest BCUT2D eigenvalue weighted by Crippen LogP contribution is 2.47. The largest absolute Gasteiger partial charge is 0.371 e. The third-order valence-corrected chi connectivity index (χ3v) is 8.37. The number of hydrogen-bond donors (Lipinski definition) is 0. The van der Waals surface area contributed by atoms with Crippen LogP contribution in [0.15, 0.2) is 30.5 Å². The lowest BCUT2D eigenvalue weighted by molar-refractivity contribution is 0.0247. The third kappa shape index (κ3) is 3.08. The predicted octanol–water partition coefficient (Wildman–Crippen LogP) is 3.55. The smallest absolute Gasteiger partial charge is 0.264 e. The average Bonchev–Trinajstić information content (AvgIpc) is 3.33. The molecule has 0 saturated carbocycles. The molecule has 2 aromatic rings. The van der Waals surface area contributed by atoms with Gasteiger partial charge in [0, 0.05) is 29.9 Å². The van der Waals surface area contributed by atoms with Crippen LogP contribution in [0.25, 0.3) is 0 Å². The minimum absolute atomic E-state index is 0.213. The van der Waals surface area contributed by atoms with E-state index in [0.29, 0.717) is 6.61 Å². The molecule has 2 fully saturated rings. The van der Waals surface area contributed by atoms with Gasteiger partial charge < -0.3 is 9.64 Å². The first-order chi connectivity index (χ1) is 12.7. The van der Waals surface area contributed by atoms with Gasteiger partial charge in [0.25, 0.3) is 5.91 Å². The first kappa shape index (κ1) is 16.8. The molecule has 2 aliphatic heterocycles. The molecule has 4 heterocycles. The Bertz CT molecular complexity index is 793. The number of aromatic nitrogens is 1. The lowest BCUT2D eigenvalue weighted by atomic mass is 9.92. The van der Waals surface area contributed by atoms with Crippen LogP contribution < -0.4 is 0 Å². The number of hydrogen-bond acceptors (Lipinski definition) is 5. The highest BCUT2D eigenvalue weighted by Gasteiger charge is 2.51. The number of likely N-dealkylation sites (tertiary alicyclic amines) is 1. The van der Waals surface area contributed by atoms with Crippen LogP contribution >= 0.6 is 23.1 Å². The zero-order valence-corrected chi connectivity index (χ0v) is 16.3. The van der Waals surface area contributed by atoms with Gasteiger partial charge >= 0.3 is 0 Å². The lowest BCUT2D eigenvalue weighted by Crippen LogP contribution is -2.60. The zero-order valence-electron chi connectivity index (χ0n) is 14.6. The summed E-state index contributed by atoms with van der Waals surface area (Å²) in [4.78, 5) is 21.5. The monoisotopic (exact) mass is 386 g/mol. The molecule has 0 radical (unpaired) electrons. The Hall–Kier alpha value is -1.37. The van der Waals surface area contributed by atoms with E-state index in [1.54, 1.807) is 17.5 Å². The van der Waals surface area contributed by atoms with Crippen LogP contribution in [0, 0.1) is 0 Å². The molecule has 2 aromatic heterocycles. The maximum absolute atomic E-state index is 12.8. The van der Waals surface area contributed by atoms with Crippen LogP contribution in [0.5, 0.6) is 0 Å². The van der Waals surface area contributed by atoms with Crippen molar-refractivity contribution in [2.24, 2.45) is 0 Å². The molecular weight excluding hydrogens is 364 g/mol. The van der Waals surface area contributed by atoms with E-state index < -0.39 is 0 Å². The maximum atomic E-state index is 12.8. The molecule has 2 saturated heterocycles. The summed E-state index contributed by atoms with van der Waals surface area (Å²) in [5, 5.41) is 0. The van der Waals surface area contributed by atoms with Crippen LogP contribution in [0.1, 0.15) is 38.6 Å². The first-order valence-corrected chi connectivity index (χ1v) is 11.1. The maximum Gasteiger partial charge on any atom is 0.264 e. The molecule has 1 atom stereocenters. The summed E-state index contributed by atoms with van der Waals surface area (Å²) >= 11 is 3.69. The van der Waals surface area contributed by atoms with Crippen LogP contribution in [-0.4, -0.2) is 45.5 Å². The van der Waals surface area contributed by atoms with E-state index in [1.165, 1.54) is 16.9 Å². The van der Waals surface area contributed by atoms with Crippen molar-refractivity contribution >= 4 is 29.0 Å². The summed E-state index contributed by atoms with van der Waals surface area (Å²) in [5.74, 6) is 1.25. The summed E-state index contributed by atoms with van der Waals surface area (Å²) in [5.41, 5.74) is 2.39. The minimum atomic E-state index is 0.213. The fraction of sp³-hybridized carbons (Fsp3) is 0.500. The van der Waals surface area contributed by atoms with Gasteiger partial charge in [0.05, 0.1) is 28.0 Å². The number of fused-ring (bicyclic) bond motifs is 1. The Balaban J connectivity index is 1.14. The van der Waals surface area contributed by atoms with Crippen molar-refractivity contribution < 1.29 is 9.53 Å². The van der Waals surface area contributed by atoms with Crippen LogP contribution in [0.2, 0.25) is 0 Å². The topological polar surface area (TPSA) is 42.4 Å². The number of carbonyl (C=O) groups is 1. The molecule has 5 rings (SSSR count). The van der Waals surface area contributed by atoms with Gasteiger partial charge in [-0.2, -0.15) is 0 Å². The van der Waals surface area contributed by atoms with Crippen LogP contribution in [0.4, 0.5) is 0 Å². The van der Waals surface area contributed by atoms with Crippen LogP contribution in [-0.2, 0) is 24.2 Å². The van der Waals surface area contributed by atoms with E-state index in [0.717, 1.165) is 48.7 Å². The van der Waals surface area contributed by atoms with Gasteiger partial charge in [-0.15, -0.1) is 23.1 Å². The van der Waals surface area contributed by atoms with E-state index in [9.17, 15) is 4.79 Å². The fourth-order valence-electron chi connectivity index (χ4n) is 4.20. The highest BCUT2D eigenvalue weighted by atomic mass is 32.2. The minimum Gasteiger partial charge on any atom is -0.371 e. The summed E-state index contributed by atoms with van der Waals surface area (Å²) < 4.78 is 6.27. The van der Waals surface area contributed by atoms with Crippen molar-refractivity contribution in [1.29, 1.82) is 0 Å². The second kappa shape index (κ2) is 6.66. The van der Waals surface area contributed by atoms with Gasteiger partial charge in [-0.1, -0.05) is 6.07 Å². The molecule has 0 unspecified atom stereocenters. The van der Waals surface area contributed by atoms with E-state index in [-0.39, 0.29) is 16.8 Å². The molecule has 1 amide bonds. The second-order valence-corrected chi connectivity index (χ2v) is 10.2. The molecule has 1 spiro atoms. The Kier molecular flexibility index (Phi) is 4.30. The van der Waals surface area contributed by atoms with Crippen molar-refractivity contribution in [3.05, 3.63) is 51.5 Å². The average molecular weight is 387 g/mol. The van der Waals surface area contributed by atoms with E-state index >= 15 is 0 Å². The molecule has 4 nitrogen and oxygen atoms in total. The van der Waals surface area contributed by atoms with Gasteiger partial charge in [0.2, 0.25) is 0 Å². The Morgan fingerprint density at radius 3 is 3.08 bits per heavy atom. The SMILES string of the molecule is O=C(c1cc2c(s1)CCC2)N1CC2(C[C@H](OCc3ccccn3)CS2)C1. The van der Waals surface area contributed by atoms with Gasteiger partial charge in [0.1, 0.15) is 0 Å². The van der Waals surface area contributed by atoms with Crippen molar-refractivity contribution in [3.63, 3.8) is 0 Å². The molecule has 6 heteroatoms. The number of pyridine rings is 1. The number of ether oxygens (including phenoxy) is 1. The molecule has 0 N–H and O–H groups in total. The number of thioether (sulfide) groups is 1. The summed E-state index contributed by atoms with van der Waals surface area (Å²) in [6, 6.07) is 8.06. The van der Waals surface area contributed by atoms with E-state index in [2.05, 4.69) is 11.1 Å². The van der Waals surface area contributed by atoms with Gasteiger partial charge in [-0.25, -0.2) is 0 Å². The number of rotatable bonds is 4. The molecule has 0 aromatic carbocycles. The van der Waals surface area contributed by atoms with Crippen molar-refractivity contribution in [3.8, 4) is 0 Å². The number of thiophene rings is 1. The predicted molar refractivity (Wildman–Crippen MR) is 105 cm³/mol. The van der Waals surface area contributed by atoms with Crippen molar-refractivity contribution in [2.75, 3.05) is 18.8 Å². The van der Waals surface area contributed by atoms with Crippen molar-refractivity contribution in [2.45, 2.75) is 43.1 Å². The zero-order chi connectivity index (χ0) is 17.6. The van der Waals surface area contributed by atoms with Gasteiger partial charge in [-0.05, 0) is 49.4 Å². The van der Waals surface area contributed by atoms with E-state index in [4.69, 9.17) is 4.74 Å². The number of aryl methyl sites for hydroxylation is 2. The molecule has 26 heavy (non-hydrogen) atoms. The normalized spacial score (nSPS) is 23.2. The quantitative estimate of drug-likeness (QED) is 0.806. The number of carbonyl (C=O) groups excluding carboxylic acids is 1. The summed E-state index contributed by atoms with van der Waals surface area (Å²) in [6.07, 6.45) is 6.66. The highest BCUT2D eigenvalue weighted by molar-refractivity contribution is 8.01. The fourth-order valence-corrected chi connectivity index (χ4v) is 6.97. The first-order valence-electron chi connectivity index (χ1n) is 9.27. The summed E-state index contributed by atoms with van der Waals surface area (Å²) in [6.45, 7) is 2.30. The number of nitrogens with zero attached hydrogens (tertiary/aromatic N) is 2. The summed E-state index contributed by atoms with van der Waals surface area (Å²) in [7, 11) is 0. The Morgan fingerprint density at radius 2 is 2.27 bits per heavy atom. The molecule has 0 bridgehead atoms. The van der Waals surface area contributed by atoms with E-state index in [1.807, 2.05) is 34.9 Å². The molecule has 3 aliphatic rings. The van der Waals surface area contributed by atoms with Crippen LogP contribution in [0.3, 0.4) is 0 Å². The van der Waals surface area contributed by atoms with Gasteiger partial charge in [0.15, 0.2) is 0 Å². The molecule has 1 aliphatic carbocycles. The van der Waals surface area contributed by atoms with Gasteiger partial charge in [-0.3, -0.25) is 9.78 Å². The Labute approximate surface area is 162 Å². The lowest BCUT2D eigenvalue weighted by Gasteiger charge is -2.47. The standard InChI is InChI=1S/C20H22N2O2S2/c23-19(18-8-14-4-3-6-17(14)26-18)22-12-20(13-22)9-16(11-25-20)24-10-15-5-1-2-7-21-15/h1-2,5,7-8,16H,3-4,6,9-13H2/t16-/m0/s1. The second-order valence-electron chi connectivity index (χ2n) is 7.53.